The van der Waals surface area contributed by atoms with Crippen LogP contribution in [-0.2, 0) is 0 Å². The second-order valence-electron chi connectivity index (χ2n) is 3.99. The first-order valence-electron chi connectivity index (χ1n) is 5.92. The van der Waals surface area contributed by atoms with Crippen molar-refractivity contribution in [3.63, 3.8) is 0 Å². The van der Waals surface area contributed by atoms with Crippen molar-refractivity contribution in [1.29, 1.82) is 0 Å². The van der Waals surface area contributed by atoms with Gasteiger partial charge in [-0.25, -0.2) is 14.8 Å². The van der Waals surface area contributed by atoms with Crippen LogP contribution in [-0.4, -0.2) is 27.7 Å². The van der Waals surface area contributed by atoms with Gasteiger partial charge >= 0.3 is 5.97 Å². The quantitative estimate of drug-likeness (QED) is 0.912. The number of hydrogen-bond acceptors (Lipinski definition) is 4. The van der Waals surface area contributed by atoms with E-state index in [1.54, 1.807) is 13.0 Å². The fourth-order valence-electron chi connectivity index (χ4n) is 1.69. The molecule has 1 aromatic carbocycles. The Morgan fingerprint density at radius 3 is 2.89 bits per heavy atom. The zero-order valence-corrected chi connectivity index (χ0v) is 10.8. The summed E-state index contributed by atoms with van der Waals surface area (Å²) in [5, 5.41) is 9.06. The van der Waals surface area contributed by atoms with Gasteiger partial charge in [-0.05, 0) is 26.0 Å². The maximum Gasteiger partial charge on any atom is 0.354 e. The Labute approximate surface area is 110 Å². The number of carboxylic acids is 1. The van der Waals surface area contributed by atoms with E-state index in [4.69, 9.17) is 9.84 Å². The molecule has 5 heteroatoms. The lowest BCUT2D eigenvalue weighted by Gasteiger charge is -2.06. The standard InChI is InChI=1S/C14H14N2O3/c1-3-19-11-6-4-5-10(7-11)13-15-8-9(2)12(16-13)14(17)18/h4-8H,3H2,1-2H3,(H,17,18). The summed E-state index contributed by atoms with van der Waals surface area (Å²) in [6.45, 7) is 4.14. The van der Waals surface area contributed by atoms with Crippen LogP contribution in [0.25, 0.3) is 11.4 Å². The molecule has 0 amide bonds. The fourth-order valence-corrected chi connectivity index (χ4v) is 1.69. The van der Waals surface area contributed by atoms with Crippen molar-refractivity contribution < 1.29 is 14.6 Å². The first kappa shape index (κ1) is 13.0. The summed E-state index contributed by atoms with van der Waals surface area (Å²) in [7, 11) is 0. The molecular weight excluding hydrogens is 244 g/mol. The zero-order valence-electron chi connectivity index (χ0n) is 10.8. The van der Waals surface area contributed by atoms with Gasteiger partial charge in [0.2, 0.25) is 0 Å². The van der Waals surface area contributed by atoms with Crippen molar-refractivity contribution in [3.05, 3.63) is 41.7 Å². The maximum absolute atomic E-state index is 11.1. The molecule has 0 radical (unpaired) electrons. The van der Waals surface area contributed by atoms with E-state index >= 15 is 0 Å². The maximum atomic E-state index is 11.1. The molecule has 1 aromatic heterocycles. The minimum absolute atomic E-state index is 0.0202. The van der Waals surface area contributed by atoms with Crippen molar-refractivity contribution in [1.82, 2.24) is 9.97 Å². The van der Waals surface area contributed by atoms with E-state index in [-0.39, 0.29) is 5.69 Å². The molecule has 2 rings (SSSR count). The number of nitrogens with zero attached hydrogens (tertiary/aromatic N) is 2. The molecular formula is C14H14N2O3. The summed E-state index contributed by atoms with van der Waals surface area (Å²) in [5.41, 5.74) is 1.29. The van der Waals surface area contributed by atoms with Gasteiger partial charge in [0.1, 0.15) is 5.75 Å². The number of aryl methyl sites for hydroxylation is 1. The molecule has 5 nitrogen and oxygen atoms in total. The predicted molar refractivity (Wildman–Crippen MR) is 70.3 cm³/mol. The van der Waals surface area contributed by atoms with Gasteiger partial charge in [0, 0.05) is 17.3 Å². The van der Waals surface area contributed by atoms with Gasteiger partial charge in [0.25, 0.3) is 0 Å². The SMILES string of the molecule is CCOc1cccc(-c2ncc(C)c(C(=O)O)n2)c1. The van der Waals surface area contributed by atoms with Gasteiger partial charge in [-0.1, -0.05) is 12.1 Å². The summed E-state index contributed by atoms with van der Waals surface area (Å²) < 4.78 is 5.40. The Morgan fingerprint density at radius 2 is 2.21 bits per heavy atom. The molecule has 0 aliphatic heterocycles. The smallest absolute Gasteiger partial charge is 0.354 e. The largest absolute Gasteiger partial charge is 0.494 e. The number of carboxylic acid groups (broad SMARTS) is 1. The minimum Gasteiger partial charge on any atom is -0.494 e. The molecule has 0 bridgehead atoms. The minimum atomic E-state index is -1.05. The van der Waals surface area contributed by atoms with Crippen molar-refractivity contribution in [2.75, 3.05) is 6.61 Å². The third-order valence-electron chi connectivity index (χ3n) is 2.58. The zero-order chi connectivity index (χ0) is 13.8. The molecule has 2 aromatic rings. The molecule has 0 atom stereocenters. The number of benzene rings is 1. The average molecular weight is 258 g/mol. The number of ether oxygens (including phenoxy) is 1. The molecule has 0 aliphatic rings. The van der Waals surface area contributed by atoms with Crippen LogP contribution in [0.5, 0.6) is 5.75 Å². The molecule has 19 heavy (non-hydrogen) atoms. The number of aromatic carboxylic acids is 1. The highest BCUT2D eigenvalue weighted by Gasteiger charge is 2.12. The second-order valence-corrected chi connectivity index (χ2v) is 3.99. The van der Waals surface area contributed by atoms with E-state index in [2.05, 4.69) is 9.97 Å². The Hall–Kier alpha value is -2.43. The van der Waals surface area contributed by atoms with E-state index in [0.29, 0.717) is 23.7 Å². The van der Waals surface area contributed by atoms with Gasteiger partial charge < -0.3 is 9.84 Å². The monoisotopic (exact) mass is 258 g/mol. The summed E-state index contributed by atoms with van der Waals surface area (Å²) in [5.74, 6) is 0.0349. The molecule has 0 spiro atoms. The van der Waals surface area contributed by atoms with Crippen LogP contribution in [0.1, 0.15) is 23.0 Å². The number of carbonyl (C=O) groups is 1. The van der Waals surface area contributed by atoms with Gasteiger partial charge in [-0.3, -0.25) is 0 Å². The molecule has 1 N–H and O–H groups in total. The van der Waals surface area contributed by atoms with E-state index < -0.39 is 5.97 Å². The average Bonchev–Trinajstić information content (AvgIpc) is 2.39. The van der Waals surface area contributed by atoms with Crippen molar-refractivity contribution in [2.24, 2.45) is 0 Å². The van der Waals surface area contributed by atoms with Crippen LogP contribution in [0.3, 0.4) is 0 Å². The Bertz CT molecular complexity index is 611. The van der Waals surface area contributed by atoms with E-state index in [1.165, 1.54) is 6.20 Å². The third-order valence-corrected chi connectivity index (χ3v) is 2.58. The predicted octanol–water partition coefficient (Wildman–Crippen LogP) is 2.55. The van der Waals surface area contributed by atoms with E-state index in [0.717, 1.165) is 5.56 Å². The lowest BCUT2D eigenvalue weighted by Crippen LogP contribution is -2.05. The van der Waals surface area contributed by atoms with Crippen LogP contribution in [0.2, 0.25) is 0 Å². The summed E-state index contributed by atoms with van der Waals surface area (Å²) in [6.07, 6.45) is 1.51. The lowest BCUT2D eigenvalue weighted by molar-refractivity contribution is 0.0689. The van der Waals surface area contributed by atoms with Crippen LogP contribution >= 0.6 is 0 Å². The van der Waals surface area contributed by atoms with Crippen LogP contribution in [0.15, 0.2) is 30.5 Å². The molecule has 0 unspecified atom stereocenters. The summed E-state index contributed by atoms with van der Waals surface area (Å²) >= 11 is 0. The highest BCUT2D eigenvalue weighted by Crippen LogP contribution is 2.21. The molecule has 0 saturated carbocycles. The molecule has 0 fully saturated rings. The van der Waals surface area contributed by atoms with Crippen molar-refractivity contribution >= 4 is 5.97 Å². The number of hydrogen-bond donors (Lipinski definition) is 1. The number of aromatic nitrogens is 2. The van der Waals surface area contributed by atoms with Gasteiger partial charge in [-0.15, -0.1) is 0 Å². The van der Waals surface area contributed by atoms with Gasteiger partial charge in [-0.2, -0.15) is 0 Å². The summed E-state index contributed by atoms with van der Waals surface area (Å²) in [6, 6.07) is 7.27. The topological polar surface area (TPSA) is 72.3 Å². The van der Waals surface area contributed by atoms with Crippen molar-refractivity contribution in [2.45, 2.75) is 13.8 Å². The van der Waals surface area contributed by atoms with Crippen LogP contribution in [0, 0.1) is 6.92 Å². The summed E-state index contributed by atoms with van der Waals surface area (Å²) in [4.78, 5) is 19.3. The van der Waals surface area contributed by atoms with Crippen LogP contribution in [0.4, 0.5) is 0 Å². The van der Waals surface area contributed by atoms with E-state index in [1.807, 2.05) is 25.1 Å². The third kappa shape index (κ3) is 2.88. The highest BCUT2D eigenvalue weighted by molar-refractivity contribution is 5.87. The van der Waals surface area contributed by atoms with E-state index in [9.17, 15) is 4.79 Å². The molecule has 98 valence electrons. The normalized spacial score (nSPS) is 10.2. The Balaban J connectivity index is 2.44. The Kier molecular flexibility index (Phi) is 3.75. The first-order valence-corrected chi connectivity index (χ1v) is 5.92. The lowest BCUT2D eigenvalue weighted by atomic mass is 10.2. The molecule has 0 saturated heterocycles. The number of rotatable bonds is 4. The first-order chi connectivity index (χ1) is 9.11. The molecule has 0 aliphatic carbocycles. The molecule has 1 heterocycles. The van der Waals surface area contributed by atoms with Crippen molar-refractivity contribution in [3.8, 4) is 17.1 Å². The fraction of sp³-hybridized carbons (Fsp3) is 0.214. The van der Waals surface area contributed by atoms with Gasteiger partial charge in [0.05, 0.1) is 6.61 Å². The van der Waals surface area contributed by atoms with Gasteiger partial charge in [0.15, 0.2) is 11.5 Å². The second kappa shape index (κ2) is 5.48. The highest BCUT2D eigenvalue weighted by atomic mass is 16.5. The Morgan fingerprint density at radius 1 is 1.42 bits per heavy atom. The van der Waals surface area contributed by atoms with Crippen LogP contribution < -0.4 is 4.74 Å².